The summed E-state index contributed by atoms with van der Waals surface area (Å²) in [5.41, 5.74) is 1.53. The number of nitrogens with one attached hydrogen (secondary N) is 2. The number of benzene rings is 4. The fourth-order valence-electron chi connectivity index (χ4n) is 5.65. The van der Waals surface area contributed by atoms with Crippen molar-refractivity contribution in [3.8, 4) is 5.75 Å². The molecule has 4 unspecified atom stereocenters. The van der Waals surface area contributed by atoms with Crippen molar-refractivity contribution < 1.29 is 24.2 Å². The maximum atomic E-state index is 14.7. The van der Waals surface area contributed by atoms with Crippen LogP contribution in [0.15, 0.2) is 91.0 Å². The average Bonchev–Trinajstić information content (AvgIpc) is 3.71. The minimum Gasteiger partial charge on any atom is -0.507 e. The van der Waals surface area contributed by atoms with Gasteiger partial charge in [0.2, 0.25) is 5.91 Å². The van der Waals surface area contributed by atoms with Crippen LogP contribution in [-0.2, 0) is 20.7 Å². The van der Waals surface area contributed by atoms with Gasteiger partial charge in [0.15, 0.2) is 0 Å². The summed E-state index contributed by atoms with van der Waals surface area (Å²) < 4.78 is 5.53. The number of aryl methyl sites for hydroxylation is 1. The largest absolute Gasteiger partial charge is 0.507 e. The third kappa shape index (κ3) is 7.63. The van der Waals surface area contributed by atoms with Gasteiger partial charge in [-0.15, -0.1) is 0 Å². The molecule has 1 fully saturated rings. The highest BCUT2D eigenvalue weighted by Gasteiger charge is 2.49. The number of carbonyl (C=O) groups is 3. The van der Waals surface area contributed by atoms with E-state index in [0.717, 1.165) is 16.3 Å². The van der Waals surface area contributed by atoms with Gasteiger partial charge < -0.3 is 25.4 Å². The van der Waals surface area contributed by atoms with Gasteiger partial charge in [0.25, 0.3) is 5.91 Å². The Morgan fingerprint density at radius 1 is 0.933 bits per heavy atom. The van der Waals surface area contributed by atoms with E-state index >= 15 is 0 Å². The lowest BCUT2D eigenvalue weighted by molar-refractivity contribution is -0.141. The summed E-state index contributed by atoms with van der Waals surface area (Å²) in [6.07, 6.45) is 0.147. The zero-order valence-corrected chi connectivity index (χ0v) is 26.4. The molecule has 0 radical (unpaired) electrons. The number of phenols is 1. The molecule has 0 spiro atoms. The lowest BCUT2D eigenvalue weighted by Gasteiger charge is -2.35. The Balaban J connectivity index is 1.56. The normalized spacial score (nSPS) is 17.2. The summed E-state index contributed by atoms with van der Waals surface area (Å²) in [6.45, 7) is 9.05. The maximum Gasteiger partial charge on any atom is 0.408 e. The number of nitrogens with zero attached hydrogens (tertiary/aromatic N) is 1. The molecule has 0 aliphatic heterocycles. The molecule has 4 aromatic rings. The quantitative estimate of drug-likeness (QED) is 0.192. The highest BCUT2D eigenvalue weighted by atomic mass is 16.6. The van der Waals surface area contributed by atoms with E-state index in [2.05, 4.69) is 10.6 Å². The van der Waals surface area contributed by atoms with E-state index in [9.17, 15) is 19.5 Å². The first kappa shape index (κ1) is 31.6. The van der Waals surface area contributed by atoms with E-state index in [1.165, 1.54) is 0 Å². The number of amides is 3. The maximum absolute atomic E-state index is 14.7. The van der Waals surface area contributed by atoms with Crippen LogP contribution >= 0.6 is 0 Å². The number of carbonyl (C=O) groups excluding carboxylic acids is 3. The molecular weight excluding hydrogens is 566 g/mol. The van der Waals surface area contributed by atoms with Crippen molar-refractivity contribution in [3.63, 3.8) is 0 Å². The van der Waals surface area contributed by atoms with Gasteiger partial charge in [0.05, 0.1) is 0 Å². The second-order valence-electron chi connectivity index (χ2n) is 12.9. The fraction of sp³-hybridized carbons (Fsp3) is 0.324. The Labute approximate surface area is 264 Å². The standard InChI is InChI=1S/C37H41N3O5/c1-23-12-11-17-29(33(23)41)32(34(42)38-28-19-18-26-15-9-10-16-27(26)22-28)40(31-20-24(31)2)35(43)30(21-25-13-7-6-8-14-25)39-36(44)45-37(3,4)5/h6-19,22,24,30-32,41H,20-21H2,1-5H3,(H,38,42)(H,39,44). The molecule has 0 bridgehead atoms. The third-order valence-electron chi connectivity index (χ3n) is 8.06. The van der Waals surface area contributed by atoms with Crippen molar-refractivity contribution in [3.05, 3.63) is 108 Å². The monoisotopic (exact) mass is 607 g/mol. The molecule has 5 rings (SSSR count). The van der Waals surface area contributed by atoms with Crippen molar-refractivity contribution in [1.29, 1.82) is 0 Å². The number of alkyl carbamates (subject to hydrolysis) is 1. The van der Waals surface area contributed by atoms with Crippen LogP contribution in [0.4, 0.5) is 10.5 Å². The van der Waals surface area contributed by atoms with Gasteiger partial charge in [0, 0.05) is 23.7 Å². The number of ether oxygens (including phenoxy) is 1. The number of para-hydroxylation sites is 1. The summed E-state index contributed by atoms with van der Waals surface area (Å²) in [5, 5.41) is 19.1. The van der Waals surface area contributed by atoms with Crippen molar-refractivity contribution in [2.75, 3.05) is 5.32 Å². The number of phenolic OH excluding ortho intramolecular Hbond substituents is 1. The Bertz CT molecular complexity index is 1700. The Hall–Kier alpha value is -4.85. The molecule has 3 amide bonds. The molecule has 1 aliphatic carbocycles. The molecule has 1 saturated carbocycles. The van der Waals surface area contributed by atoms with Crippen LogP contribution in [0.2, 0.25) is 0 Å². The topological polar surface area (TPSA) is 108 Å². The Morgan fingerprint density at radius 2 is 1.60 bits per heavy atom. The van der Waals surface area contributed by atoms with Gasteiger partial charge in [-0.3, -0.25) is 9.59 Å². The van der Waals surface area contributed by atoms with Crippen LogP contribution in [0.5, 0.6) is 5.75 Å². The smallest absolute Gasteiger partial charge is 0.408 e. The molecular formula is C37H41N3O5. The zero-order chi connectivity index (χ0) is 32.3. The summed E-state index contributed by atoms with van der Waals surface area (Å²) in [6, 6.07) is 25.6. The van der Waals surface area contributed by atoms with Gasteiger partial charge >= 0.3 is 6.09 Å². The predicted molar refractivity (Wildman–Crippen MR) is 176 cm³/mol. The van der Waals surface area contributed by atoms with Crippen LogP contribution < -0.4 is 10.6 Å². The second-order valence-corrected chi connectivity index (χ2v) is 12.9. The predicted octanol–water partition coefficient (Wildman–Crippen LogP) is 6.91. The molecule has 234 valence electrons. The minimum absolute atomic E-state index is 0.0537. The van der Waals surface area contributed by atoms with Gasteiger partial charge in [-0.25, -0.2) is 4.79 Å². The molecule has 0 aromatic heterocycles. The molecule has 8 nitrogen and oxygen atoms in total. The summed E-state index contributed by atoms with van der Waals surface area (Å²) in [5.74, 6) is -0.828. The Kier molecular flexibility index (Phi) is 9.14. The summed E-state index contributed by atoms with van der Waals surface area (Å²) >= 11 is 0. The van der Waals surface area contributed by atoms with Crippen LogP contribution in [-0.4, -0.2) is 45.6 Å². The molecule has 1 aliphatic rings. The van der Waals surface area contributed by atoms with Crippen LogP contribution in [0, 0.1) is 12.8 Å². The van der Waals surface area contributed by atoms with Gasteiger partial charge in [-0.2, -0.15) is 0 Å². The fourth-order valence-corrected chi connectivity index (χ4v) is 5.65. The number of hydrogen-bond donors (Lipinski definition) is 3. The molecule has 4 aromatic carbocycles. The average molecular weight is 608 g/mol. The van der Waals surface area contributed by atoms with E-state index in [1.54, 1.807) is 50.8 Å². The van der Waals surface area contributed by atoms with Crippen molar-refractivity contribution in [1.82, 2.24) is 10.2 Å². The van der Waals surface area contributed by atoms with E-state index in [1.807, 2.05) is 79.7 Å². The zero-order valence-electron chi connectivity index (χ0n) is 26.4. The number of rotatable bonds is 9. The molecule has 45 heavy (non-hydrogen) atoms. The lowest BCUT2D eigenvalue weighted by Crippen LogP contribution is -2.54. The summed E-state index contributed by atoms with van der Waals surface area (Å²) in [4.78, 5) is 43.7. The highest BCUT2D eigenvalue weighted by molar-refractivity contribution is 6.01. The molecule has 0 saturated heterocycles. The molecule has 0 heterocycles. The molecule has 8 heteroatoms. The first-order valence-electron chi connectivity index (χ1n) is 15.3. The molecule has 4 atom stereocenters. The Morgan fingerprint density at radius 3 is 2.27 bits per heavy atom. The van der Waals surface area contributed by atoms with Crippen molar-refractivity contribution in [2.24, 2.45) is 5.92 Å². The first-order chi connectivity index (χ1) is 21.4. The SMILES string of the molecule is Cc1cccc(C(C(=O)Nc2ccc3ccccc3c2)N(C(=O)C(Cc2ccccc2)NC(=O)OC(C)(C)C)C2CC2C)c1O. The van der Waals surface area contributed by atoms with Crippen molar-refractivity contribution in [2.45, 2.75) is 71.2 Å². The lowest BCUT2D eigenvalue weighted by atomic mass is 9.97. The number of hydrogen-bond acceptors (Lipinski definition) is 5. The van der Waals surface area contributed by atoms with Gasteiger partial charge in [0.1, 0.15) is 23.4 Å². The number of anilines is 1. The van der Waals surface area contributed by atoms with E-state index in [4.69, 9.17) is 4.74 Å². The summed E-state index contributed by atoms with van der Waals surface area (Å²) in [7, 11) is 0. The van der Waals surface area contributed by atoms with Crippen LogP contribution in [0.1, 0.15) is 56.8 Å². The number of aromatic hydroxyl groups is 1. The van der Waals surface area contributed by atoms with Gasteiger partial charge in [-0.1, -0.05) is 85.8 Å². The van der Waals surface area contributed by atoms with Gasteiger partial charge in [-0.05, 0) is 74.1 Å². The number of fused-ring (bicyclic) bond motifs is 1. The molecule has 3 N–H and O–H groups in total. The second kappa shape index (κ2) is 13.0. The highest BCUT2D eigenvalue weighted by Crippen LogP contribution is 2.43. The van der Waals surface area contributed by atoms with Crippen LogP contribution in [0.3, 0.4) is 0 Å². The van der Waals surface area contributed by atoms with E-state index < -0.39 is 35.6 Å². The minimum atomic E-state index is -1.17. The van der Waals surface area contributed by atoms with Crippen molar-refractivity contribution >= 4 is 34.4 Å². The first-order valence-corrected chi connectivity index (χ1v) is 15.3. The third-order valence-corrected chi connectivity index (χ3v) is 8.06. The van der Waals surface area contributed by atoms with Crippen LogP contribution in [0.25, 0.3) is 10.8 Å². The van der Waals surface area contributed by atoms with E-state index in [0.29, 0.717) is 23.2 Å². The van der Waals surface area contributed by atoms with E-state index in [-0.39, 0.29) is 24.1 Å².